The van der Waals surface area contributed by atoms with Crippen LogP contribution in [-0.2, 0) is 21.2 Å². The van der Waals surface area contributed by atoms with Gasteiger partial charge in [0.2, 0.25) is 0 Å². The summed E-state index contributed by atoms with van der Waals surface area (Å²) in [6, 6.07) is 0. The summed E-state index contributed by atoms with van der Waals surface area (Å²) >= 11 is 4.12. The van der Waals surface area contributed by atoms with Crippen molar-refractivity contribution in [3.63, 3.8) is 0 Å². The third-order valence-corrected chi connectivity index (χ3v) is 5.35. The topological polar surface area (TPSA) is 21.3 Å². The molecular formula is C14H27NOSV. The summed E-state index contributed by atoms with van der Waals surface area (Å²) in [4.78, 5) is 0. The summed E-state index contributed by atoms with van der Waals surface area (Å²) in [7, 11) is 0. The van der Waals surface area contributed by atoms with Crippen molar-refractivity contribution in [1.29, 1.82) is 0 Å². The quantitative estimate of drug-likeness (QED) is 0.535. The van der Waals surface area contributed by atoms with Gasteiger partial charge in [0.1, 0.15) is 0 Å². The molecule has 2 nitrogen and oxygen atoms in total. The average molecular weight is 308 g/mol. The third kappa shape index (κ3) is 5.01. The second kappa shape index (κ2) is 8.11. The molecule has 2 aliphatic rings. The Morgan fingerprint density at radius 2 is 2.06 bits per heavy atom. The van der Waals surface area contributed by atoms with Crippen molar-refractivity contribution in [2.75, 3.05) is 0 Å². The predicted octanol–water partition coefficient (Wildman–Crippen LogP) is 4.24. The molecule has 1 N–H and O–H groups in total. The van der Waals surface area contributed by atoms with Crippen LogP contribution in [-0.4, -0.2) is 9.95 Å². The van der Waals surface area contributed by atoms with Gasteiger partial charge >= 0.3 is 112 Å². The van der Waals surface area contributed by atoms with Gasteiger partial charge in [-0.2, -0.15) is 0 Å². The minimum absolute atomic E-state index is 0.216. The second-order valence-electron chi connectivity index (χ2n) is 5.10. The van der Waals surface area contributed by atoms with Crippen molar-refractivity contribution < 1.29 is 21.2 Å². The number of rotatable bonds is 8. The molecular weight excluding hydrogens is 281 g/mol. The van der Waals surface area contributed by atoms with E-state index in [4.69, 9.17) is 4.18 Å². The van der Waals surface area contributed by atoms with Gasteiger partial charge in [-0.15, -0.1) is 0 Å². The van der Waals surface area contributed by atoms with Crippen molar-refractivity contribution in [2.45, 2.75) is 71.8 Å². The molecule has 0 aromatic carbocycles. The molecule has 2 atom stereocenters. The fourth-order valence-electron chi connectivity index (χ4n) is 2.23. The molecule has 0 aromatic rings. The SMILES string of the molecule is CC.CCCC1(OSN[C](=[V])[C@H]2C[C@H]2CC)CC1. The average Bonchev–Trinajstić information content (AvgIpc) is 3.26. The van der Waals surface area contributed by atoms with Crippen molar-refractivity contribution in [3.05, 3.63) is 0 Å². The Balaban J connectivity index is 0.000000771. The van der Waals surface area contributed by atoms with Gasteiger partial charge in [-0.3, -0.25) is 0 Å². The summed E-state index contributed by atoms with van der Waals surface area (Å²) in [5.41, 5.74) is 0.216. The Hall–Kier alpha value is 0.724. The van der Waals surface area contributed by atoms with Gasteiger partial charge in [-0.25, -0.2) is 0 Å². The Morgan fingerprint density at radius 1 is 1.39 bits per heavy atom. The summed E-state index contributed by atoms with van der Waals surface area (Å²) in [6.45, 7) is 8.50. The summed E-state index contributed by atoms with van der Waals surface area (Å²) in [6.07, 6.45) is 7.57. The van der Waals surface area contributed by atoms with Gasteiger partial charge in [0.05, 0.1) is 0 Å². The first-order valence-electron chi connectivity index (χ1n) is 7.37. The third-order valence-electron chi connectivity index (χ3n) is 3.68. The summed E-state index contributed by atoms with van der Waals surface area (Å²) in [5.74, 6) is 1.69. The molecule has 105 valence electrons. The Kier molecular flexibility index (Phi) is 7.56. The van der Waals surface area contributed by atoms with Crippen LogP contribution in [0.1, 0.15) is 66.2 Å². The van der Waals surface area contributed by atoms with E-state index in [1.807, 2.05) is 13.8 Å². The van der Waals surface area contributed by atoms with Gasteiger partial charge in [0.15, 0.2) is 0 Å². The zero-order valence-corrected chi connectivity index (χ0v) is 14.4. The minimum atomic E-state index is 0.216. The Labute approximate surface area is 126 Å². The number of hydrogen-bond donors (Lipinski definition) is 1. The van der Waals surface area contributed by atoms with E-state index >= 15 is 0 Å². The van der Waals surface area contributed by atoms with Crippen molar-refractivity contribution in [3.8, 4) is 0 Å². The Morgan fingerprint density at radius 3 is 2.50 bits per heavy atom. The van der Waals surface area contributed by atoms with Crippen LogP contribution in [0.3, 0.4) is 0 Å². The molecule has 0 radical (unpaired) electrons. The monoisotopic (exact) mass is 308 g/mol. The molecule has 18 heavy (non-hydrogen) atoms. The first-order valence-corrected chi connectivity index (χ1v) is 8.81. The van der Waals surface area contributed by atoms with Crippen molar-refractivity contribution in [2.24, 2.45) is 11.8 Å². The van der Waals surface area contributed by atoms with E-state index in [-0.39, 0.29) is 5.60 Å². The first kappa shape index (κ1) is 16.8. The molecule has 0 aromatic heterocycles. The molecule has 2 rings (SSSR count). The van der Waals surface area contributed by atoms with Crippen LogP contribution in [0.5, 0.6) is 0 Å². The molecule has 2 aliphatic carbocycles. The van der Waals surface area contributed by atoms with Crippen LogP contribution < -0.4 is 4.72 Å². The van der Waals surface area contributed by atoms with Gasteiger partial charge in [-0.05, 0) is 0 Å². The van der Waals surface area contributed by atoms with E-state index in [1.54, 1.807) is 0 Å². The molecule has 0 aliphatic heterocycles. The molecule has 0 spiro atoms. The summed E-state index contributed by atoms with van der Waals surface area (Å²) in [5, 5.41) is 0. The van der Waals surface area contributed by atoms with Crippen molar-refractivity contribution >= 4 is 16.6 Å². The fraction of sp³-hybridized carbons (Fsp3) is 0.929. The van der Waals surface area contributed by atoms with Crippen LogP contribution in [0.4, 0.5) is 0 Å². The normalized spacial score (nSPS) is 27.1. The van der Waals surface area contributed by atoms with Gasteiger partial charge < -0.3 is 0 Å². The fourth-order valence-corrected chi connectivity index (χ4v) is 3.60. The van der Waals surface area contributed by atoms with Gasteiger partial charge in [0, 0.05) is 0 Å². The molecule has 2 saturated carbocycles. The van der Waals surface area contributed by atoms with Crippen LogP contribution in [0, 0.1) is 11.8 Å². The van der Waals surface area contributed by atoms with E-state index in [1.165, 1.54) is 55.1 Å². The Bertz CT molecular complexity index is 269. The van der Waals surface area contributed by atoms with Crippen molar-refractivity contribution in [1.82, 2.24) is 4.72 Å². The summed E-state index contributed by atoms with van der Waals surface area (Å²) < 4.78 is 10.6. The van der Waals surface area contributed by atoms with E-state index in [0.29, 0.717) is 0 Å². The van der Waals surface area contributed by atoms with E-state index < -0.39 is 0 Å². The predicted molar refractivity (Wildman–Crippen MR) is 76.9 cm³/mol. The van der Waals surface area contributed by atoms with Crippen LogP contribution >= 0.6 is 12.2 Å². The standard InChI is InChI=1S/C12H21NOS.C2H6.V/c1-3-5-12(6-7-12)14-15-13-9-11-8-10(11)4-2;1-2;/h10-11,13H,3-8H2,1-2H3;1-2H3;/t10-,11-;;/m1../s1. The van der Waals surface area contributed by atoms with E-state index in [2.05, 4.69) is 35.5 Å². The molecule has 0 bridgehead atoms. The molecule has 2 fully saturated rings. The van der Waals surface area contributed by atoms with Crippen LogP contribution in [0.15, 0.2) is 0 Å². The van der Waals surface area contributed by atoms with Gasteiger partial charge in [0.25, 0.3) is 0 Å². The maximum absolute atomic E-state index is 5.87. The molecule has 0 heterocycles. The second-order valence-corrected chi connectivity index (χ2v) is 6.39. The zero-order chi connectivity index (χ0) is 13.6. The number of hydrogen-bond acceptors (Lipinski definition) is 3. The van der Waals surface area contributed by atoms with E-state index in [9.17, 15) is 0 Å². The molecule has 0 unspecified atom stereocenters. The van der Waals surface area contributed by atoms with Crippen LogP contribution in [0.25, 0.3) is 0 Å². The maximum atomic E-state index is 5.87. The zero-order valence-electron chi connectivity index (χ0n) is 12.2. The first-order chi connectivity index (χ1) is 8.71. The molecule has 0 amide bonds. The molecule has 4 heteroatoms. The van der Waals surface area contributed by atoms with E-state index in [0.717, 1.165) is 11.8 Å². The number of nitrogens with one attached hydrogen (secondary N) is 1. The van der Waals surface area contributed by atoms with Gasteiger partial charge in [-0.1, -0.05) is 13.8 Å². The molecule has 0 saturated heterocycles. The van der Waals surface area contributed by atoms with Crippen LogP contribution in [0.2, 0.25) is 0 Å².